The molecule has 8 atom stereocenters. The summed E-state index contributed by atoms with van der Waals surface area (Å²) in [6.45, 7) is 6.03. The van der Waals surface area contributed by atoms with E-state index in [9.17, 15) is 19.8 Å². The maximum Gasteiger partial charge on any atom is 0.312 e. The van der Waals surface area contributed by atoms with Crippen LogP contribution >= 0.6 is 0 Å². The molecule has 24 heavy (non-hydrogen) atoms. The third-order valence-electron chi connectivity index (χ3n) is 8.24. The van der Waals surface area contributed by atoms with Crippen molar-refractivity contribution in [2.75, 3.05) is 0 Å². The van der Waals surface area contributed by atoms with Gasteiger partial charge in [0.15, 0.2) is 0 Å². The van der Waals surface area contributed by atoms with Crippen LogP contribution in [0.5, 0.6) is 0 Å². The van der Waals surface area contributed by atoms with Crippen molar-refractivity contribution in [3.63, 3.8) is 0 Å². The molecule has 5 rings (SSSR count). The second-order valence-corrected chi connectivity index (χ2v) is 9.22. The fourth-order valence-corrected chi connectivity index (χ4v) is 7.78. The minimum Gasteiger partial charge on any atom is -0.481 e. The third kappa shape index (κ3) is 1.36. The molecule has 0 amide bonds. The highest BCUT2D eigenvalue weighted by Crippen LogP contribution is 2.77. The van der Waals surface area contributed by atoms with E-state index < -0.39 is 29.0 Å². The van der Waals surface area contributed by atoms with E-state index in [1.807, 2.05) is 6.92 Å². The zero-order valence-corrected chi connectivity index (χ0v) is 14.0. The molecule has 0 aromatic rings. The van der Waals surface area contributed by atoms with E-state index in [0.29, 0.717) is 18.8 Å². The highest BCUT2D eigenvalue weighted by atomic mass is 16.6. The molecule has 5 heteroatoms. The molecule has 1 spiro atoms. The van der Waals surface area contributed by atoms with Crippen molar-refractivity contribution in [1.29, 1.82) is 0 Å². The zero-order chi connectivity index (χ0) is 17.1. The first-order valence-corrected chi connectivity index (χ1v) is 9.06. The molecule has 4 aliphatic carbocycles. The molecule has 4 bridgehead atoms. The van der Waals surface area contributed by atoms with Gasteiger partial charge < -0.3 is 14.9 Å². The Kier molecular flexibility index (Phi) is 2.53. The Morgan fingerprint density at radius 1 is 1.29 bits per heavy atom. The molecule has 5 fully saturated rings. The number of carbonyl (C=O) groups excluding carboxylic acids is 1. The number of carbonyl (C=O) groups is 2. The second-order valence-electron chi connectivity index (χ2n) is 9.22. The van der Waals surface area contributed by atoms with E-state index in [0.717, 1.165) is 25.7 Å². The fraction of sp³-hybridized carbons (Fsp3) is 0.789. The van der Waals surface area contributed by atoms with Crippen molar-refractivity contribution in [1.82, 2.24) is 0 Å². The van der Waals surface area contributed by atoms with Crippen molar-refractivity contribution in [2.45, 2.75) is 57.2 Å². The fourth-order valence-electron chi connectivity index (χ4n) is 7.78. The van der Waals surface area contributed by atoms with Crippen LogP contribution < -0.4 is 0 Å². The molecule has 0 aromatic carbocycles. The summed E-state index contributed by atoms with van der Waals surface area (Å²) in [6.07, 6.45) is 3.58. The van der Waals surface area contributed by atoms with Crippen LogP contribution in [-0.2, 0) is 14.3 Å². The quantitative estimate of drug-likeness (QED) is 0.568. The van der Waals surface area contributed by atoms with Gasteiger partial charge in [0.25, 0.3) is 0 Å². The lowest BCUT2D eigenvalue weighted by Crippen LogP contribution is -2.51. The predicted molar refractivity (Wildman–Crippen MR) is 83.8 cm³/mol. The number of esters is 1. The van der Waals surface area contributed by atoms with Gasteiger partial charge in [0, 0.05) is 18.3 Å². The lowest BCUT2D eigenvalue weighted by atomic mass is 9.59. The largest absolute Gasteiger partial charge is 0.481 e. The molecule has 4 saturated carbocycles. The van der Waals surface area contributed by atoms with Crippen LogP contribution in [0.3, 0.4) is 0 Å². The number of aliphatic carboxylic acids is 1. The molecule has 130 valence electrons. The summed E-state index contributed by atoms with van der Waals surface area (Å²) in [5.41, 5.74) is -0.844. The Labute approximate surface area is 141 Å². The van der Waals surface area contributed by atoms with Gasteiger partial charge in [-0.1, -0.05) is 12.2 Å². The number of ether oxygens (including phenoxy) is 1. The standard InChI is InChI=1S/C19H24O5/c1-9-5-18-6-10(9)3-4-12(18)19-8-11(20)7-17(2,16(23)24-19)14(19)13(18)15(21)22/h10-14,20H,1,3-8H2,2H3,(H,21,22). The number of rotatable bonds is 1. The zero-order valence-electron chi connectivity index (χ0n) is 14.0. The predicted octanol–water partition coefficient (Wildman–Crippen LogP) is 2.14. The van der Waals surface area contributed by atoms with Crippen LogP contribution in [0, 0.1) is 34.5 Å². The highest BCUT2D eigenvalue weighted by Gasteiger charge is 2.82. The number of hydrogen-bond acceptors (Lipinski definition) is 4. The molecule has 0 aromatic heterocycles. The van der Waals surface area contributed by atoms with Crippen LogP contribution in [0.25, 0.3) is 0 Å². The Morgan fingerprint density at radius 2 is 2.04 bits per heavy atom. The Balaban J connectivity index is 1.75. The van der Waals surface area contributed by atoms with E-state index in [1.165, 1.54) is 5.57 Å². The van der Waals surface area contributed by atoms with E-state index in [4.69, 9.17) is 4.74 Å². The molecule has 5 nitrogen and oxygen atoms in total. The summed E-state index contributed by atoms with van der Waals surface area (Å²) in [6, 6.07) is 0. The van der Waals surface area contributed by atoms with Gasteiger partial charge in [-0.05, 0) is 50.4 Å². The molecule has 5 aliphatic rings. The van der Waals surface area contributed by atoms with Gasteiger partial charge in [0.05, 0.1) is 17.4 Å². The van der Waals surface area contributed by atoms with E-state index in [1.54, 1.807) is 0 Å². The van der Waals surface area contributed by atoms with Crippen LogP contribution in [0.2, 0.25) is 0 Å². The van der Waals surface area contributed by atoms with Gasteiger partial charge >= 0.3 is 11.9 Å². The summed E-state index contributed by atoms with van der Waals surface area (Å²) < 4.78 is 6.01. The number of fused-ring (bicyclic) bond motifs is 1. The first-order chi connectivity index (χ1) is 11.2. The van der Waals surface area contributed by atoms with Crippen molar-refractivity contribution < 1.29 is 24.5 Å². The van der Waals surface area contributed by atoms with Gasteiger partial charge in [-0.25, -0.2) is 0 Å². The van der Waals surface area contributed by atoms with Gasteiger partial charge in [0.2, 0.25) is 0 Å². The summed E-state index contributed by atoms with van der Waals surface area (Å²) in [5, 5.41) is 20.6. The lowest BCUT2D eigenvalue weighted by Gasteiger charge is -2.44. The van der Waals surface area contributed by atoms with Crippen molar-refractivity contribution in [2.24, 2.45) is 34.5 Å². The average molecular weight is 332 g/mol. The van der Waals surface area contributed by atoms with E-state index in [-0.39, 0.29) is 23.2 Å². The Hall–Kier alpha value is -1.36. The highest BCUT2D eigenvalue weighted by molar-refractivity contribution is 5.84. The van der Waals surface area contributed by atoms with E-state index in [2.05, 4.69) is 6.58 Å². The molecule has 8 unspecified atom stereocenters. The SMILES string of the molecule is C=C1CC23CC1CCC2C12CC(O)CC(C)(C(=O)O1)C2C3C(=O)O. The summed E-state index contributed by atoms with van der Waals surface area (Å²) in [5.74, 6) is -1.56. The number of hydrogen-bond donors (Lipinski definition) is 2. The third-order valence-corrected chi connectivity index (χ3v) is 8.24. The molecular formula is C19H24O5. The van der Waals surface area contributed by atoms with E-state index >= 15 is 0 Å². The average Bonchev–Trinajstić information content (AvgIpc) is 2.92. The molecule has 1 aliphatic heterocycles. The second kappa shape index (κ2) is 4.06. The number of carboxylic acid groups (broad SMARTS) is 1. The van der Waals surface area contributed by atoms with Crippen LogP contribution in [-0.4, -0.2) is 33.9 Å². The summed E-state index contributed by atoms with van der Waals surface area (Å²) >= 11 is 0. The molecule has 1 saturated heterocycles. The minimum absolute atomic E-state index is 0.0346. The number of carboxylic acids is 1. The van der Waals surface area contributed by atoms with Crippen LogP contribution in [0.1, 0.15) is 45.4 Å². The smallest absolute Gasteiger partial charge is 0.312 e. The van der Waals surface area contributed by atoms with Gasteiger partial charge in [-0.3, -0.25) is 9.59 Å². The number of aliphatic hydroxyl groups is 1. The van der Waals surface area contributed by atoms with Crippen LogP contribution in [0.15, 0.2) is 12.2 Å². The monoisotopic (exact) mass is 332 g/mol. The first kappa shape index (κ1) is 14.9. The maximum absolute atomic E-state index is 12.7. The van der Waals surface area contributed by atoms with Gasteiger partial charge in [-0.2, -0.15) is 0 Å². The summed E-state index contributed by atoms with van der Waals surface area (Å²) in [7, 11) is 0. The van der Waals surface area contributed by atoms with Gasteiger partial charge in [-0.15, -0.1) is 0 Å². The van der Waals surface area contributed by atoms with Gasteiger partial charge in [0.1, 0.15) is 5.60 Å². The molecule has 2 N–H and O–H groups in total. The van der Waals surface area contributed by atoms with Crippen molar-refractivity contribution in [3.8, 4) is 0 Å². The molecule has 0 radical (unpaired) electrons. The number of allylic oxidation sites excluding steroid dienone is 1. The minimum atomic E-state index is -0.883. The topological polar surface area (TPSA) is 83.8 Å². The van der Waals surface area contributed by atoms with Crippen LogP contribution in [0.4, 0.5) is 0 Å². The lowest BCUT2D eigenvalue weighted by molar-refractivity contribution is -0.161. The molecular weight excluding hydrogens is 308 g/mol. The Morgan fingerprint density at radius 3 is 2.75 bits per heavy atom. The summed E-state index contributed by atoms with van der Waals surface area (Å²) in [4.78, 5) is 25.1. The Bertz CT molecular complexity index is 685. The number of aliphatic hydroxyl groups excluding tert-OH is 1. The maximum atomic E-state index is 12.7. The van der Waals surface area contributed by atoms with Crippen molar-refractivity contribution in [3.05, 3.63) is 12.2 Å². The normalized spacial score (nSPS) is 57.5. The van der Waals surface area contributed by atoms with Crippen molar-refractivity contribution >= 4 is 11.9 Å². The first-order valence-electron chi connectivity index (χ1n) is 9.06. The molecule has 1 heterocycles.